The molecule has 1 aliphatic heterocycles. The molecule has 9 heteroatoms. The molecule has 2 atom stereocenters. The van der Waals surface area contributed by atoms with Gasteiger partial charge in [0.1, 0.15) is 23.0 Å². The number of halogens is 1. The molecule has 0 radical (unpaired) electrons. The van der Waals surface area contributed by atoms with Crippen molar-refractivity contribution in [3.05, 3.63) is 58.5 Å². The Morgan fingerprint density at radius 2 is 1.92 bits per heavy atom. The van der Waals surface area contributed by atoms with E-state index in [2.05, 4.69) is 26.7 Å². The van der Waals surface area contributed by atoms with Crippen LogP contribution in [0.25, 0.3) is 28.0 Å². The minimum Gasteiger partial charge on any atom is -0.508 e. The number of fused-ring (bicyclic) bond motifs is 2. The van der Waals surface area contributed by atoms with Gasteiger partial charge in [-0.3, -0.25) is 4.99 Å². The number of phenolic OH excluding ortho intramolecular Hbond substituents is 1. The van der Waals surface area contributed by atoms with E-state index in [1.165, 1.54) is 12.5 Å². The van der Waals surface area contributed by atoms with Crippen molar-refractivity contribution in [2.45, 2.75) is 105 Å². The van der Waals surface area contributed by atoms with E-state index in [4.69, 9.17) is 30.9 Å². The highest BCUT2D eigenvalue weighted by molar-refractivity contribution is 6.50. The van der Waals surface area contributed by atoms with Crippen LogP contribution in [-0.4, -0.2) is 70.4 Å². The normalized spacial score (nSPS) is 20.5. The Morgan fingerprint density at radius 1 is 1.17 bits per heavy atom. The molecule has 52 heavy (non-hydrogen) atoms. The summed E-state index contributed by atoms with van der Waals surface area (Å²) in [7, 11) is 0. The maximum atomic E-state index is 15.3. The van der Waals surface area contributed by atoms with E-state index in [9.17, 15) is 10.2 Å². The number of terminal acetylenes is 1. The molecule has 5 rings (SSSR count). The Hall–Kier alpha value is -4.26. The van der Waals surface area contributed by atoms with E-state index < -0.39 is 11.4 Å². The van der Waals surface area contributed by atoms with Crippen molar-refractivity contribution in [2.75, 3.05) is 37.8 Å². The Kier molecular flexibility index (Phi) is 12.4. The third-order valence-electron chi connectivity index (χ3n) is 9.94. The van der Waals surface area contributed by atoms with Crippen LogP contribution in [0, 0.1) is 23.6 Å². The summed E-state index contributed by atoms with van der Waals surface area (Å²) in [4.78, 5) is 17.3. The molecule has 2 heterocycles. The molecule has 2 unspecified atom stereocenters. The van der Waals surface area contributed by atoms with Gasteiger partial charge in [-0.05, 0) is 75.8 Å². The molecule has 1 aromatic heterocycles. The Balaban J connectivity index is 1.77. The van der Waals surface area contributed by atoms with E-state index in [-0.39, 0.29) is 41.9 Å². The number of aromatic nitrogens is 2. The number of β-amino-alcohol motifs (C(OH)–C–C–N with tert-alkyl or cyclic N) is 1. The van der Waals surface area contributed by atoms with Crippen molar-refractivity contribution < 1.29 is 24.1 Å². The number of aliphatic hydroxyl groups is 1. The standard InChI is InChI=1S/C43H55FN4O4/c1-9-13-15-19-42(7,18-14-10-2)26-52-41-46-36-24-34(33-23-30(49)22-29-16-17-35(44)31(11-3)37(29)33)39(45-28(5)6)32(12-4)38(36)40(47-41)48-20-21-51-27-43(8,50)25-48/h3,12,16-17,22-24,28,49-50H,9-10,13-15,18-21,25-27H2,1-2,4-8H3/b32-12-,45-39?. The van der Waals surface area contributed by atoms with Crippen LogP contribution in [0.4, 0.5) is 10.2 Å². The fourth-order valence-electron chi connectivity index (χ4n) is 7.33. The van der Waals surface area contributed by atoms with Gasteiger partial charge in [0.2, 0.25) is 0 Å². The van der Waals surface area contributed by atoms with E-state index in [0.717, 1.165) is 49.7 Å². The Bertz CT molecular complexity index is 1910. The molecule has 0 spiro atoms. The van der Waals surface area contributed by atoms with Crippen molar-refractivity contribution >= 4 is 39.5 Å². The predicted octanol–water partition coefficient (Wildman–Crippen LogP) is 9.01. The molecule has 1 aliphatic carbocycles. The van der Waals surface area contributed by atoms with Gasteiger partial charge in [-0.1, -0.05) is 70.9 Å². The van der Waals surface area contributed by atoms with E-state index in [1.54, 1.807) is 25.1 Å². The summed E-state index contributed by atoms with van der Waals surface area (Å²) >= 11 is 0. The zero-order valence-corrected chi connectivity index (χ0v) is 32.0. The van der Waals surface area contributed by atoms with Crippen LogP contribution in [0.1, 0.15) is 116 Å². The van der Waals surface area contributed by atoms with Crippen LogP contribution < -0.4 is 9.64 Å². The second-order valence-electron chi connectivity index (χ2n) is 15.2. The minimum absolute atomic E-state index is 0.0170. The highest BCUT2D eigenvalue weighted by Gasteiger charge is 2.35. The second-order valence-corrected chi connectivity index (χ2v) is 15.2. The maximum absolute atomic E-state index is 15.3. The molecule has 1 saturated heterocycles. The van der Waals surface area contributed by atoms with Crippen LogP contribution in [0.5, 0.6) is 11.8 Å². The van der Waals surface area contributed by atoms with Gasteiger partial charge in [0.15, 0.2) is 0 Å². The largest absolute Gasteiger partial charge is 0.508 e. The SMILES string of the molecule is C#Cc1c(F)ccc2cc(O)cc(C3=Cc4nc(OCC(C)(CCCC)CCCCC)nc(N5CCOCC(C)(O)C5)c4/C(=C/C)C3=NC(C)C)c12. The summed E-state index contributed by atoms with van der Waals surface area (Å²) in [6.45, 7) is 16.3. The number of anilines is 1. The molecular weight excluding hydrogens is 655 g/mol. The van der Waals surface area contributed by atoms with Crippen LogP contribution in [0.3, 0.4) is 0 Å². The van der Waals surface area contributed by atoms with Crippen molar-refractivity contribution in [2.24, 2.45) is 10.4 Å². The van der Waals surface area contributed by atoms with Gasteiger partial charge in [-0.25, -0.2) is 4.39 Å². The molecule has 278 valence electrons. The number of aromatic hydroxyl groups is 1. The third kappa shape index (κ3) is 8.67. The number of ether oxygens (including phenoxy) is 2. The number of benzene rings is 2. The highest BCUT2D eigenvalue weighted by Crippen LogP contribution is 2.44. The molecule has 0 bridgehead atoms. The smallest absolute Gasteiger partial charge is 0.318 e. The van der Waals surface area contributed by atoms with Crippen LogP contribution in [0.2, 0.25) is 0 Å². The lowest BCUT2D eigenvalue weighted by molar-refractivity contribution is -0.0123. The summed E-state index contributed by atoms with van der Waals surface area (Å²) < 4.78 is 27.7. The first kappa shape index (κ1) is 39.0. The van der Waals surface area contributed by atoms with Gasteiger partial charge < -0.3 is 24.6 Å². The van der Waals surface area contributed by atoms with Gasteiger partial charge in [0.05, 0.1) is 48.9 Å². The van der Waals surface area contributed by atoms with Gasteiger partial charge >= 0.3 is 6.01 Å². The van der Waals surface area contributed by atoms with Crippen molar-refractivity contribution in [1.29, 1.82) is 0 Å². The molecule has 2 N–H and O–H groups in total. The Morgan fingerprint density at radius 3 is 2.62 bits per heavy atom. The maximum Gasteiger partial charge on any atom is 0.318 e. The number of rotatable bonds is 13. The molecule has 0 amide bonds. The third-order valence-corrected chi connectivity index (χ3v) is 9.94. The zero-order chi connectivity index (χ0) is 37.6. The van der Waals surface area contributed by atoms with E-state index >= 15 is 4.39 Å². The van der Waals surface area contributed by atoms with Crippen molar-refractivity contribution in [3.8, 4) is 24.1 Å². The van der Waals surface area contributed by atoms with Crippen molar-refractivity contribution in [3.63, 3.8) is 0 Å². The number of hydrogen-bond donors (Lipinski definition) is 2. The molecular formula is C43H55FN4O4. The van der Waals surface area contributed by atoms with E-state index in [1.807, 2.05) is 37.8 Å². The molecule has 3 aromatic rings. The van der Waals surface area contributed by atoms with Crippen LogP contribution >= 0.6 is 0 Å². The van der Waals surface area contributed by atoms with Crippen molar-refractivity contribution in [1.82, 2.24) is 9.97 Å². The summed E-state index contributed by atoms with van der Waals surface area (Å²) in [5.41, 5.74) is 2.89. The van der Waals surface area contributed by atoms with E-state index in [0.29, 0.717) is 58.9 Å². The molecule has 8 nitrogen and oxygen atoms in total. The lowest BCUT2D eigenvalue weighted by atomic mass is 9.81. The van der Waals surface area contributed by atoms with Gasteiger partial charge in [-0.15, -0.1) is 6.42 Å². The average molecular weight is 711 g/mol. The lowest BCUT2D eigenvalue weighted by Crippen LogP contribution is -2.42. The molecule has 1 fully saturated rings. The highest BCUT2D eigenvalue weighted by atomic mass is 19.1. The van der Waals surface area contributed by atoms with Crippen LogP contribution in [-0.2, 0) is 4.74 Å². The number of unbranched alkanes of at least 4 members (excludes halogenated alkanes) is 3. The number of aliphatic imine (C=N–C) groups is 1. The molecule has 2 aliphatic rings. The Labute approximate surface area is 308 Å². The molecule has 2 aromatic carbocycles. The summed E-state index contributed by atoms with van der Waals surface area (Å²) in [6, 6.07) is 6.27. The lowest BCUT2D eigenvalue weighted by Gasteiger charge is -2.33. The first-order valence-corrected chi connectivity index (χ1v) is 18.8. The first-order chi connectivity index (χ1) is 24.8. The number of hydrogen-bond acceptors (Lipinski definition) is 8. The number of phenols is 1. The van der Waals surface area contributed by atoms with Gasteiger partial charge in [0, 0.05) is 34.5 Å². The quantitative estimate of drug-likeness (QED) is 0.135. The topological polar surface area (TPSA) is 100 Å². The van der Waals surface area contributed by atoms with Crippen LogP contribution in [0.15, 0.2) is 35.3 Å². The summed E-state index contributed by atoms with van der Waals surface area (Å²) in [5.74, 6) is 2.66. The fraction of sp³-hybridized carbons (Fsp3) is 0.512. The zero-order valence-electron chi connectivity index (χ0n) is 32.0. The monoisotopic (exact) mass is 710 g/mol. The number of nitrogens with zero attached hydrogens (tertiary/aromatic N) is 4. The predicted molar refractivity (Wildman–Crippen MR) is 211 cm³/mol. The number of allylic oxidation sites excluding steroid dienone is 3. The average Bonchev–Trinajstić information content (AvgIpc) is 3.29. The van der Waals surface area contributed by atoms with Gasteiger partial charge in [-0.2, -0.15) is 9.97 Å². The second kappa shape index (κ2) is 16.6. The summed E-state index contributed by atoms with van der Waals surface area (Å²) in [6.07, 6.45) is 17.6. The minimum atomic E-state index is -1.12. The van der Waals surface area contributed by atoms with Gasteiger partial charge in [0.25, 0.3) is 0 Å². The summed E-state index contributed by atoms with van der Waals surface area (Å²) in [5, 5.41) is 23.4. The fourth-order valence-corrected chi connectivity index (χ4v) is 7.33. The molecule has 0 saturated carbocycles. The first-order valence-electron chi connectivity index (χ1n) is 18.8.